The second kappa shape index (κ2) is 4.14. The molecule has 0 amide bonds. The molecule has 0 radical (unpaired) electrons. The number of benzene rings is 2. The van der Waals surface area contributed by atoms with Crippen LogP contribution in [-0.2, 0) is 0 Å². The minimum absolute atomic E-state index is 0.283. The first-order chi connectivity index (χ1) is 8.72. The minimum atomic E-state index is 0.283. The molecular formula is C14H14N2O2. The first-order valence-corrected chi connectivity index (χ1v) is 5.75. The molecule has 4 nitrogen and oxygen atoms in total. The van der Waals surface area contributed by atoms with Crippen LogP contribution in [0.4, 0.5) is 17.1 Å². The quantitative estimate of drug-likeness (QED) is 0.795. The third-order valence-corrected chi connectivity index (χ3v) is 2.86. The normalized spacial score (nSPS) is 12.5. The number of fused-ring (bicyclic) bond motifs is 1. The van der Waals surface area contributed by atoms with E-state index in [1.54, 1.807) is 0 Å². The molecule has 2 aromatic carbocycles. The van der Waals surface area contributed by atoms with Crippen LogP contribution in [0.5, 0.6) is 11.5 Å². The molecule has 0 saturated heterocycles. The average molecular weight is 242 g/mol. The van der Waals surface area contributed by atoms with Gasteiger partial charge in [-0.2, -0.15) is 0 Å². The van der Waals surface area contributed by atoms with Crippen LogP contribution in [-0.4, -0.2) is 6.79 Å². The van der Waals surface area contributed by atoms with E-state index >= 15 is 0 Å². The van der Waals surface area contributed by atoms with Gasteiger partial charge >= 0.3 is 0 Å². The van der Waals surface area contributed by atoms with E-state index in [9.17, 15) is 0 Å². The number of nitrogens with two attached hydrogens (primary N) is 1. The monoisotopic (exact) mass is 242 g/mol. The van der Waals surface area contributed by atoms with Crippen LogP contribution < -0.4 is 20.5 Å². The van der Waals surface area contributed by atoms with Crippen LogP contribution in [0, 0.1) is 6.92 Å². The molecule has 0 bridgehead atoms. The van der Waals surface area contributed by atoms with Crippen LogP contribution >= 0.6 is 0 Å². The van der Waals surface area contributed by atoms with Crippen molar-refractivity contribution in [2.75, 3.05) is 17.8 Å². The lowest BCUT2D eigenvalue weighted by molar-refractivity contribution is 0.174. The molecular weight excluding hydrogens is 228 g/mol. The first-order valence-electron chi connectivity index (χ1n) is 5.75. The maximum absolute atomic E-state index is 5.93. The summed E-state index contributed by atoms with van der Waals surface area (Å²) in [5.41, 5.74) is 9.64. The van der Waals surface area contributed by atoms with E-state index in [4.69, 9.17) is 15.2 Å². The highest BCUT2D eigenvalue weighted by molar-refractivity contribution is 5.74. The lowest BCUT2D eigenvalue weighted by Gasteiger charge is -2.10. The van der Waals surface area contributed by atoms with Gasteiger partial charge in [-0.15, -0.1) is 0 Å². The molecule has 3 rings (SSSR count). The fourth-order valence-corrected chi connectivity index (χ4v) is 1.91. The van der Waals surface area contributed by atoms with Gasteiger partial charge in [0.05, 0.1) is 11.4 Å². The summed E-state index contributed by atoms with van der Waals surface area (Å²) in [7, 11) is 0. The summed E-state index contributed by atoms with van der Waals surface area (Å²) in [6.07, 6.45) is 0. The van der Waals surface area contributed by atoms with Gasteiger partial charge in [-0.1, -0.05) is 6.07 Å². The molecule has 0 atom stereocenters. The summed E-state index contributed by atoms with van der Waals surface area (Å²) < 4.78 is 10.6. The van der Waals surface area contributed by atoms with Crippen molar-refractivity contribution in [2.24, 2.45) is 0 Å². The number of ether oxygens (including phenoxy) is 2. The Labute approximate surface area is 105 Å². The van der Waals surface area contributed by atoms with Crippen LogP contribution in [0.25, 0.3) is 0 Å². The second-order valence-corrected chi connectivity index (χ2v) is 4.28. The predicted octanol–water partition coefficient (Wildman–Crippen LogP) is 3.05. The number of aryl methyl sites for hydroxylation is 1. The molecule has 0 aromatic heterocycles. The van der Waals surface area contributed by atoms with Gasteiger partial charge in [-0.3, -0.25) is 0 Å². The number of hydrogen-bond acceptors (Lipinski definition) is 4. The van der Waals surface area contributed by atoms with E-state index in [-0.39, 0.29) is 6.79 Å². The van der Waals surface area contributed by atoms with Gasteiger partial charge in [0.25, 0.3) is 0 Å². The fourth-order valence-electron chi connectivity index (χ4n) is 1.91. The zero-order chi connectivity index (χ0) is 12.5. The van der Waals surface area contributed by atoms with E-state index in [0.29, 0.717) is 0 Å². The zero-order valence-corrected chi connectivity index (χ0v) is 10.1. The highest BCUT2D eigenvalue weighted by atomic mass is 16.7. The van der Waals surface area contributed by atoms with E-state index in [1.165, 1.54) is 0 Å². The highest BCUT2D eigenvalue weighted by Gasteiger charge is 2.13. The van der Waals surface area contributed by atoms with Gasteiger partial charge in [0.2, 0.25) is 6.79 Å². The summed E-state index contributed by atoms with van der Waals surface area (Å²) in [6.45, 7) is 2.32. The largest absolute Gasteiger partial charge is 0.454 e. The molecule has 3 N–H and O–H groups in total. The van der Waals surface area contributed by atoms with Crippen molar-refractivity contribution < 1.29 is 9.47 Å². The zero-order valence-electron chi connectivity index (χ0n) is 10.1. The first kappa shape index (κ1) is 10.8. The van der Waals surface area contributed by atoms with Gasteiger partial charge in [0.15, 0.2) is 11.5 Å². The molecule has 0 spiro atoms. The number of nitrogen functional groups attached to an aromatic ring is 1. The van der Waals surface area contributed by atoms with E-state index < -0.39 is 0 Å². The Kier molecular flexibility index (Phi) is 2.48. The van der Waals surface area contributed by atoms with Crippen molar-refractivity contribution in [1.29, 1.82) is 0 Å². The molecule has 92 valence electrons. The van der Waals surface area contributed by atoms with Crippen LogP contribution in [0.1, 0.15) is 5.56 Å². The average Bonchev–Trinajstić information content (AvgIpc) is 2.81. The van der Waals surface area contributed by atoms with Gasteiger partial charge in [0, 0.05) is 11.8 Å². The predicted molar refractivity (Wildman–Crippen MR) is 71.4 cm³/mol. The summed E-state index contributed by atoms with van der Waals surface area (Å²) in [4.78, 5) is 0. The molecule has 0 fully saturated rings. The van der Waals surface area contributed by atoms with Crippen molar-refractivity contribution in [1.82, 2.24) is 0 Å². The van der Waals surface area contributed by atoms with Crippen LogP contribution in [0.2, 0.25) is 0 Å². The Morgan fingerprint density at radius 2 is 1.89 bits per heavy atom. The molecule has 1 heterocycles. The topological polar surface area (TPSA) is 56.5 Å². The van der Waals surface area contributed by atoms with Crippen molar-refractivity contribution in [2.45, 2.75) is 6.92 Å². The van der Waals surface area contributed by atoms with Gasteiger partial charge in [-0.25, -0.2) is 0 Å². The maximum atomic E-state index is 5.93. The van der Waals surface area contributed by atoms with E-state index in [0.717, 1.165) is 34.1 Å². The van der Waals surface area contributed by atoms with E-state index in [1.807, 2.05) is 43.3 Å². The van der Waals surface area contributed by atoms with Gasteiger partial charge in [0.1, 0.15) is 0 Å². The van der Waals surface area contributed by atoms with Crippen molar-refractivity contribution in [3.63, 3.8) is 0 Å². The smallest absolute Gasteiger partial charge is 0.231 e. The molecule has 1 aliphatic rings. The SMILES string of the molecule is Cc1ccc(N)c(Nc2ccc3c(c2)OCO3)c1. The highest BCUT2D eigenvalue weighted by Crippen LogP contribution is 2.35. The number of hydrogen-bond donors (Lipinski definition) is 2. The van der Waals surface area contributed by atoms with Crippen molar-refractivity contribution in [3.05, 3.63) is 42.0 Å². The maximum Gasteiger partial charge on any atom is 0.231 e. The summed E-state index contributed by atoms with van der Waals surface area (Å²) in [5, 5.41) is 3.28. The Bertz CT molecular complexity index is 596. The lowest BCUT2D eigenvalue weighted by Crippen LogP contribution is -1.96. The van der Waals surface area contributed by atoms with Gasteiger partial charge < -0.3 is 20.5 Å². The second-order valence-electron chi connectivity index (χ2n) is 4.28. The third kappa shape index (κ3) is 1.93. The fraction of sp³-hybridized carbons (Fsp3) is 0.143. The molecule has 18 heavy (non-hydrogen) atoms. The van der Waals surface area contributed by atoms with Crippen LogP contribution in [0.15, 0.2) is 36.4 Å². The Hall–Kier alpha value is -2.36. The minimum Gasteiger partial charge on any atom is -0.454 e. The lowest BCUT2D eigenvalue weighted by atomic mass is 10.2. The molecule has 4 heteroatoms. The summed E-state index contributed by atoms with van der Waals surface area (Å²) in [6, 6.07) is 11.6. The standard InChI is InChI=1S/C14H14N2O2/c1-9-2-4-11(15)12(6-9)16-10-3-5-13-14(7-10)18-8-17-13/h2-7,16H,8,15H2,1H3. The van der Waals surface area contributed by atoms with Crippen molar-refractivity contribution in [3.8, 4) is 11.5 Å². The van der Waals surface area contributed by atoms with Crippen molar-refractivity contribution >= 4 is 17.1 Å². The third-order valence-electron chi connectivity index (χ3n) is 2.86. The van der Waals surface area contributed by atoms with Gasteiger partial charge in [-0.05, 0) is 36.8 Å². The van der Waals surface area contributed by atoms with E-state index in [2.05, 4.69) is 5.32 Å². The summed E-state index contributed by atoms with van der Waals surface area (Å²) >= 11 is 0. The molecule has 0 unspecified atom stereocenters. The molecule has 1 aliphatic heterocycles. The Balaban J connectivity index is 1.90. The van der Waals surface area contributed by atoms with Crippen LogP contribution in [0.3, 0.4) is 0 Å². The molecule has 0 aliphatic carbocycles. The Morgan fingerprint density at radius 3 is 2.78 bits per heavy atom. The molecule has 0 saturated carbocycles. The number of anilines is 3. The Morgan fingerprint density at radius 1 is 1.06 bits per heavy atom. The number of rotatable bonds is 2. The molecule has 2 aromatic rings. The number of nitrogens with one attached hydrogen (secondary N) is 1. The summed E-state index contributed by atoms with van der Waals surface area (Å²) in [5.74, 6) is 1.53.